The molecule has 1 aliphatic rings. The summed E-state index contributed by atoms with van der Waals surface area (Å²) in [6.45, 7) is 12.0. The largest absolute Gasteiger partial charge is 0.491 e. The number of likely N-dealkylation sites (tertiary alicyclic amines) is 1. The first-order chi connectivity index (χ1) is 10.4. The highest BCUT2D eigenvalue weighted by molar-refractivity contribution is 5.41. The Bertz CT molecular complexity index is 473. The Morgan fingerprint density at radius 2 is 1.86 bits per heavy atom. The molecule has 0 saturated carbocycles. The summed E-state index contributed by atoms with van der Waals surface area (Å²) in [5, 5.41) is 10.2. The van der Waals surface area contributed by atoms with E-state index in [4.69, 9.17) is 4.74 Å². The van der Waals surface area contributed by atoms with Crippen molar-refractivity contribution in [3.63, 3.8) is 0 Å². The highest BCUT2D eigenvalue weighted by Crippen LogP contribution is 2.32. The Morgan fingerprint density at radius 1 is 1.18 bits per heavy atom. The molecule has 0 amide bonds. The number of β-amino-alcohol motifs (C(OH)–C–C–N with tert-alkyl or cyclic N) is 1. The quantitative estimate of drug-likeness (QED) is 0.903. The highest BCUT2D eigenvalue weighted by Gasteiger charge is 2.20. The number of aryl methyl sites for hydroxylation is 1. The summed E-state index contributed by atoms with van der Waals surface area (Å²) in [6, 6.07) is 6.29. The molecule has 1 aromatic carbocycles. The molecule has 1 N–H and O–H groups in total. The molecule has 0 radical (unpaired) electrons. The summed E-state index contributed by atoms with van der Waals surface area (Å²) in [4.78, 5) is 2.34. The van der Waals surface area contributed by atoms with Gasteiger partial charge in [0.1, 0.15) is 18.5 Å². The Morgan fingerprint density at radius 3 is 2.50 bits per heavy atom. The van der Waals surface area contributed by atoms with Crippen molar-refractivity contribution in [3.8, 4) is 5.75 Å². The van der Waals surface area contributed by atoms with Crippen LogP contribution in [0, 0.1) is 6.92 Å². The van der Waals surface area contributed by atoms with E-state index in [-0.39, 0.29) is 5.41 Å². The van der Waals surface area contributed by atoms with Crippen molar-refractivity contribution in [2.75, 3.05) is 26.2 Å². The first kappa shape index (κ1) is 17.3. The fourth-order valence-corrected chi connectivity index (χ4v) is 3.03. The normalized spacial score (nSPS) is 18.2. The number of hydrogen-bond acceptors (Lipinski definition) is 3. The van der Waals surface area contributed by atoms with Crippen LogP contribution >= 0.6 is 0 Å². The first-order valence-corrected chi connectivity index (χ1v) is 8.50. The standard InChI is InChI=1S/C19H31NO2/c1-15-8-9-18(17(12-15)19(2,3)4)22-14-16(21)13-20-10-6-5-7-11-20/h8-9,12,16,21H,5-7,10-11,13-14H2,1-4H3/t16-/m0/s1. The van der Waals surface area contributed by atoms with Gasteiger partial charge in [-0.25, -0.2) is 0 Å². The molecule has 1 atom stereocenters. The summed E-state index contributed by atoms with van der Waals surface area (Å²) in [6.07, 6.45) is 3.40. The van der Waals surface area contributed by atoms with Gasteiger partial charge in [0.25, 0.3) is 0 Å². The van der Waals surface area contributed by atoms with Gasteiger partial charge in [0.05, 0.1) is 0 Å². The number of benzene rings is 1. The van der Waals surface area contributed by atoms with Crippen molar-refractivity contribution >= 4 is 0 Å². The molecule has 1 aromatic rings. The summed E-state index contributed by atoms with van der Waals surface area (Å²) in [7, 11) is 0. The third kappa shape index (κ3) is 4.99. The molecule has 0 aliphatic carbocycles. The number of ether oxygens (including phenoxy) is 1. The maximum atomic E-state index is 10.2. The molecular formula is C19H31NO2. The van der Waals surface area contributed by atoms with Gasteiger partial charge < -0.3 is 14.7 Å². The molecule has 3 nitrogen and oxygen atoms in total. The van der Waals surface area contributed by atoms with Gasteiger partial charge in [-0.15, -0.1) is 0 Å². The summed E-state index contributed by atoms with van der Waals surface area (Å²) in [5.74, 6) is 0.899. The molecule has 0 aromatic heterocycles. The lowest BCUT2D eigenvalue weighted by molar-refractivity contribution is 0.0611. The van der Waals surface area contributed by atoms with E-state index in [9.17, 15) is 5.11 Å². The SMILES string of the molecule is Cc1ccc(OC[C@@H](O)CN2CCCCC2)c(C(C)(C)C)c1. The third-order valence-electron chi connectivity index (χ3n) is 4.29. The molecule has 22 heavy (non-hydrogen) atoms. The fraction of sp³-hybridized carbons (Fsp3) is 0.684. The van der Waals surface area contributed by atoms with Crippen molar-refractivity contribution < 1.29 is 9.84 Å². The van der Waals surface area contributed by atoms with E-state index in [1.54, 1.807) is 0 Å². The fourth-order valence-electron chi connectivity index (χ4n) is 3.03. The Kier molecular flexibility index (Phi) is 5.87. The molecular weight excluding hydrogens is 274 g/mol. The van der Waals surface area contributed by atoms with Crippen LogP contribution < -0.4 is 4.74 Å². The van der Waals surface area contributed by atoms with Crippen LogP contribution in [0.3, 0.4) is 0 Å². The van der Waals surface area contributed by atoms with Crippen LogP contribution in [0.1, 0.15) is 51.2 Å². The molecule has 0 unspecified atom stereocenters. The highest BCUT2D eigenvalue weighted by atomic mass is 16.5. The van der Waals surface area contributed by atoms with E-state index in [0.717, 1.165) is 25.4 Å². The molecule has 1 saturated heterocycles. The van der Waals surface area contributed by atoms with Crippen molar-refractivity contribution in [2.24, 2.45) is 0 Å². The number of piperidine rings is 1. The monoisotopic (exact) mass is 305 g/mol. The van der Waals surface area contributed by atoms with Crippen LogP contribution in [0.25, 0.3) is 0 Å². The zero-order valence-electron chi connectivity index (χ0n) is 14.6. The van der Waals surface area contributed by atoms with Gasteiger partial charge in [-0.05, 0) is 49.9 Å². The van der Waals surface area contributed by atoms with Gasteiger partial charge in [0.15, 0.2) is 0 Å². The lowest BCUT2D eigenvalue weighted by Crippen LogP contribution is -2.38. The predicted octanol–water partition coefficient (Wildman–Crippen LogP) is 3.52. The average Bonchev–Trinajstić information content (AvgIpc) is 2.46. The predicted molar refractivity (Wildman–Crippen MR) is 91.7 cm³/mol. The number of aliphatic hydroxyl groups excluding tert-OH is 1. The molecule has 0 bridgehead atoms. The van der Waals surface area contributed by atoms with E-state index >= 15 is 0 Å². The summed E-state index contributed by atoms with van der Waals surface area (Å²) in [5.41, 5.74) is 2.49. The summed E-state index contributed by atoms with van der Waals surface area (Å²) < 4.78 is 5.95. The molecule has 1 fully saturated rings. The van der Waals surface area contributed by atoms with E-state index in [0.29, 0.717) is 6.61 Å². The first-order valence-electron chi connectivity index (χ1n) is 8.50. The lowest BCUT2D eigenvalue weighted by Gasteiger charge is -2.29. The molecule has 1 aliphatic heterocycles. The third-order valence-corrected chi connectivity index (χ3v) is 4.29. The zero-order chi connectivity index (χ0) is 16.2. The van der Waals surface area contributed by atoms with E-state index in [1.165, 1.54) is 30.4 Å². The number of rotatable bonds is 5. The second-order valence-electron chi connectivity index (χ2n) is 7.58. The van der Waals surface area contributed by atoms with E-state index < -0.39 is 6.10 Å². The second-order valence-corrected chi connectivity index (χ2v) is 7.58. The van der Waals surface area contributed by atoms with Gasteiger partial charge in [0.2, 0.25) is 0 Å². The van der Waals surface area contributed by atoms with Crippen molar-refractivity contribution in [1.29, 1.82) is 0 Å². The molecule has 0 spiro atoms. The number of aliphatic hydroxyl groups is 1. The zero-order valence-corrected chi connectivity index (χ0v) is 14.6. The van der Waals surface area contributed by atoms with Crippen molar-refractivity contribution in [1.82, 2.24) is 4.90 Å². The van der Waals surface area contributed by atoms with Gasteiger partial charge in [-0.2, -0.15) is 0 Å². The minimum Gasteiger partial charge on any atom is -0.491 e. The topological polar surface area (TPSA) is 32.7 Å². The van der Waals surface area contributed by atoms with Crippen LogP contribution in [0.15, 0.2) is 18.2 Å². The van der Waals surface area contributed by atoms with Crippen LogP contribution in [-0.4, -0.2) is 42.4 Å². The van der Waals surface area contributed by atoms with Crippen LogP contribution in [-0.2, 0) is 5.41 Å². The number of hydrogen-bond donors (Lipinski definition) is 1. The second kappa shape index (κ2) is 7.47. The summed E-state index contributed by atoms with van der Waals surface area (Å²) >= 11 is 0. The lowest BCUT2D eigenvalue weighted by atomic mass is 9.85. The van der Waals surface area contributed by atoms with Gasteiger partial charge in [0, 0.05) is 6.54 Å². The molecule has 1 heterocycles. The number of nitrogens with zero attached hydrogens (tertiary/aromatic N) is 1. The molecule has 2 rings (SSSR count). The van der Waals surface area contributed by atoms with E-state index in [2.05, 4.69) is 44.7 Å². The van der Waals surface area contributed by atoms with Gasteiger partial charge >= 0.3 is 0 Å². The maximum Gasteiger partial charge on any atom is 0.123 e. The maximum absolute atomic E-state index is 10.2. The smallest absolute Gasteiger partial charge is 0.123 e. The van der Waals surface area contributed by atoms with Crippen LogP contribution in [0.2, 0.25) is 0 Å². The van der Waals surface area contributed by atoms with Crippen LogP contribution in [0.5, 0.6) is 5.75 Å². The van der Waals surface area contributed by atoms with Gasteiger partial charge in [-0.3, -0.25) is 0 Å². The van der Waals surface area contributed by atoms with Crippen molar-refractivity contribution in [3.05, 3.63) is 29.3 Å². The van der Waals surface area contributed by atoms with E-state index in [1.807, 2.05) is 6.07 Å². The molecule has 124 valence electrons. The minimum absolute atomic E-state index is 0.0408. The van der Waals surface area contributed by atoms with Gasteiger partial charge in [-0.1, -0.05) is 44.9 Å². The Labute approximate surface area is 135 Å². The Balaban J connectivity index is 1.93. The average molecular weight is 305 g/mol. The Hall–Kier alpha value is -1.06. The minimum atomic E-state index is -0.424. The molecule has 3 heteroatoms. The van der Waals surface area contributed by atoms with Crippen molar-refractivity contribution in [2.45, 2.75) is 58.5 Å². The van der Waals surface area contributed by atoms with Crippen LogP contribution in [0.4, 0.5) is 0 Å².